The van der Waals surface area contributed by atoms with Gasteiger partial charge in [0.15, 0.2) is 5.60 Å². The van der Waals surface area contributed by atoms with E-state index in [2.05, 4.69) is 0 Å². The Hall–Kier alpha value is -1.54. The van der Waals surface area contributed by atoms with Gasteiger partial charge >= 0.3 is 6.18 Å². The molecule has 0 saturated heterocycles. The van der Waals surface area contributed by atoms with Crippen molar-refractivity contribution in [2.45, 2.75) is 25.1 Å². The predicted octanol–water partition coefficient (Wildman–Crippen LogP) is 2.72. The monoisotopic (exact) mass is 229 g/mol. The molecule has 0 aliphatic heterocycles. The Morgan fingerprint density at radius 3 is 2.06 bits per heavy atom. The van der Waals surface area contributed by atoms with Gasteiger partial charge in [0.2, 0.25) is 0 Å². The number of rotatable bonds is 2. The standard InChI is InChI=1S/C11H10F3NO/c1-2-10(16,11(12,13)14)9-5-3-8(7-15)4-6-9/h3-6,16H,2H2,1H3. The molecular formula is C11H10F3NO. The maximum atomic E-state index is 12.7. The zero-order valence-electron chi connectivity index (χ0n) is 8.54. The fourth-order valence-electron chi connectivity index (χ4n) is 1.39. The summed E-state index contributed by atoms with van der Waals surface area (Å²) in [6.07, 6.45) is -5.20. The summed E-state index contributed by atoms with van der Waals surface area (Å²) < 4.78 is 38.0. The average Bonchev–Trinajstić information content (AvgIpc) is 2.26. The fraction of sp³-hybridized carbons (Fsp3) is 0.364. The van der Waals surface area contributed by atoms with Gasteiger partial charge in [0.05, 0.1) is 11.6 Å². The van der Waals surface area contributed by atoms with Gasteiger partial charge in [-0.2, -0.15) is 18.4 Å². The maximum absolute atomic E-state index is 12.7. The summed E-state index contributed by atoms with van der Waals surface area (Å²) >= 11 is 0. The van der Waals surface area contributed by atoms with Crippen molar-refractivity contribution in [1.82, 2.24) is 0 Å². The number of aliphatic hydroxyl groups is 1. The van der Waals surface area contributed by atoms with Gasteiger partial charge < -0.3 is 5.11 Å². The van der Waals surface area contributed by atoms with Crippen LogP contribution in [0.4, 0.5) is 13.2 Å². The Kier molecular flexibility index (Phi) is 3.24. The van der Waals surface area contributed by atoms with Crippen LogP contribution >= 0.6 is 0 Å². The first kappa shape index (κ1) is 12.5. The first-order valence-corrected chi connectivity index (χ1v) is 4.65. The number of halogens is 3. The van der Waals surface area contributed by atoms with Crippen LogP contribution < -0.4 is 0 Å². The van der Waals surface area contributed by atoms with E-state index in [0.29, 0.717) is 0 Å². The lowest BCUT2D eigenvalue weighted by Gasteiger charge is -2.29. The first-order chi connectivity index (χ1) is 7.35. The summed E-state index contributed by atoms with van der Waals surface area (Å²) in [5.74, 6) is 0. The van der Waals surface area contributed by atoms with Crippen LogP contribution in [0, 0.1) is 11.3 Å². The summed E-state index contributed by atoms with van der Waals surface area (Å²) in [5.41, 5.74) is -2.84. The van der Waals surface area contributed by atoms with Crippen LogP contribution in [0.25, 0.3) is 0 Å². The summed E-state index contributed by atoms with van der Waals surface area (Å²) in [5, 5.41) is 18.1. The van der Waals surface area contributed by atoms with Gasteiger partial charge in [0.25, 0.3) is 0 Å². The summed E-state index contributed by atoms with van der Waals surface area (Å²) in [4.78, 5) is 0. The van der Waals surface area contributed by atoms with Gasteiger partial charge in [-0.05, 0) is 24.1 Å². The third kappa shape index (κ3) is 2.02. The average molecular weight is 229 g/mol. The first-order valence-electron chi connectivity index (χ1n) is 4.65. The molecule has 1 aromatic rings. The van der Waals surface area contributed by atoms with E-state index in [9.17, 15) is 18.3 Å². The Labute approximate surface area is 90.9 Å². The van der Waals surface area contributed by atoms with Gasteiger partial charge in [0.1, 0.15) is 0 Å². The van der Waals surface area contributed by atoms with Crippen molar-refractivity contribution < 1.29 is 18.3 Å². The van der Waals surface area contributed by atoms with Gasteiger partial charge in [-0.3, -0.25) is 0 Å². The lowest BCUT2D eigenvalue weighted by molar-refractivity contribution is -0.267. The minimum absolute atomic E-state index is 0.249. The molecule has 0 aliphatic carbocycles. The van der Waals surface area contributed by atoms with E-state index >= 15 is 0 Å². The third-order valence-corrected chi connectivity index (χ3v) is 2.47. The maximum Gasteiger partial charge on any atom is 0.421 e. The quantitative estimate of drug-likeness (QED) is 0.847. The number of hydrogen-bond donors (Lipinski definition) is 1. The highest BCUT2D eigenvalue weighted by molar-refractivity contribution is 5.34. The van der Waals surface area contributed by atoms with E-state index in [0.717, 1.165) is 12.1 Å². The molecule has 0 aliphatic rings. The highest BCUT2D eigenvalue weighted by atomic mass is 19.4. The molecule has 0 aromatic heterocycles. The third-order valence-electron chi connectivity index (χ3n) is 2.47. The molecule has 1 aromatic carbocycles. The van der Waals surface area contributed by atoms with Crippen LogP contribution in [0.5, 0.6) is 0 Å². The van der Waals surface area contributed by atoms with E-state index in [1.807, 2.05) is 0 Å². The summed E-state index contributed by atoms with van der Waals surface area (Å²) in [6.45, 7) is 1.26. The molecule has 0 radical (unpaired) electrons. The minimum atomic E-state index is -4.73. The molecule has 1 unspecified atom stereocenters. The van der Waals surface area contributed by atoms with Crippen molar-refractivity contribution in [3.05, 3.63) is 35.4 Å². The number of benzene rings is 1. The molecule has 1 rings (SSSR count). The Bertz CT molecular complexity index is 405. The van der Waals surface area contributed by atoms with Crippen LogP contribution in [0.15, 0.2) is 24.3 Å². The van der Waals surface area contributed by atoms with Gasteiger partial charge in [-0.25, -0.2) is 0 Å². The van der Waals surface area contributed by atoms with Crippen LogP contribution in [-0.4, -0.2) is 11.3 Å². The van der Waals surface area contributed by atoms with Crippen molar-refractivity contribution in [3.8, 4) is 6.07 Å². The van der Waals surface area contributed by atoms with Crippen LogP contribution in [-0.2, 0) is 5.60 Å². The summed E-state index contributed by atoms with van der Waals surface area (Å²) in [7, 11) is 0. The van der Waals surface area contributed by atoms with Gasteiger partial charge in [-0.1, -0.05) is 19.1 Å². The SMILES string of the molecule is CCC(O)(c1ccc(C#N)cc1)C(F)(F)F. The van der Waals surface area contributed by atoms with Gasteiger partial charge in [-0.15, -0.1) is 0 Å². The molecule has 16 heavy (non-hydrogen) atoms. The summed E-state index contributed by atoms with van der Waals surface area (Å²) in [6, 6.07) is 6.54. The number of alkyl halides is 3. The van der Waals surface area contributed by atoms with E-state index in [1.54, 1.807) is 6.07 Å². The van der Waals surface area contributed by atoms with Crippen molar-refractivity contribution in [1.29, 1.82) is 5.26 Å². The van der Waals surface area contributed by atoms with E-state index in [1.165, 1.54) is 19.1 Å². The Morgan fingerprint density at radius 1 is 1.25 bits per heavy atom. The Balaban J connectivity index is 3.20. The number of hydrogen-bond acceptors (Lipinski definition) is 2. The number of nitriles is 1. The zero-order valence-corrected chi connectivity index (χ0v) is 8.54. The fourth-order valence-corrected chi connectivity index (χ4v) is 1.39. The highest BCUT2D eigenvalue weighted by Crippen LogP contribution is 2.41. The molecular weight excluding hydrogens is 219 g/mol. The van der Waals surface area contributed by atoms with E-state index in [4.69, 9.17) is 5.26 Å². The molecule has 2 nitrogen and oxygen atoms in total. The molecule has 1 atom stereocenters. The molecule has 0 heterocycles. The van der Waals surface area contributed by atoms with Crippen LogP contribution in [0.1, 0.15) is 24.5 Å². The van der Waals surface area contributed by atoms with E-state index < -0.39 is 18.2 Å². The lowest BCUT2D eigenvalue weighted by Crippen LogP contribution is -2.41. The van der Waals surface area contributed by atoms with Crippen LogP contribution in [0.2, 0.25) is 0 Å². The van der Waals surface area contributed by atoms with Crippen LogP contribution in [0.3, 0.4) is 0 Å². The molecule has 0 bridgehead atoms. The smallest absolute Gasteiger partial charge is 0.376 e. The second-order valence-corrected chi connectivity index (χ2v) is 3.40. The second-order valence-electron chi connectivity index (χ2n) is 3.40. The molecule has 5 heteroatoms. The molecule has 86 valence electrons. The molecule has 1 N–H and O–H groups in total. The Morgan fingerprint density at radius 2 is 1.75 bits per heavy atom. The largest absolute Gasteiger partial charge is 0.421 e. The normalized spacial score (nSPS) is 15.2. The molecule has 0 saturated carbocycles. The van der Waals surface area contributed by atoms with Crippen molar-refractivity contribution in [2.24, 2.45) is 0 Å². The predicted molar refractivity (Wildman–Crippen MR) is 51.4 cm³/mol. The highest BCUT2D eigenvalue weighted by Gasteiger charge is 2.53. The molecule has 0 amide bonds. The van der Waals surface area contributed by atoms with Crippen molar-refractivity contribution >= 4 is 0 Å². The lowest BCUT2D eigenvalue weighted by atomic mass is 9.90. The van der Waals surface area contributed by atoms with Crippen molar-refractivity contribution in [3.63, 3.8) is 0 Å². The topological polar surface area (TPSA) is 44.0 Å². The zero-order chi connectivity index (χ0) is 12.4. The molecule has 0 fully saturated rings. The molecule has 0 spiro atoms. The minimum Gasteiger partial charge on any atom is -0.376 e. The number of nitrogens with zero attached hydrogens (tertiary/aromatic N) is 1. The van der Waals surface area contributed by atoms with E-state index in [-0.39, 0.29) is 11.1 Å². The van der Waals surface area contributed by atoms with Crippen molar-refractivity contribution in [2.75, 3.05) is 0 Å². The second kappa shape index (κ2) is 4.14. The van der Waals surface area contributed by atoms with Gasteiger partial charge in [0, 0.05) is 0 Å².